The number of carbonyl (C=O) groups excluding carboxylic acids is 2. The smallest absolute Gasteiger partial charge is 0.257 e. The largest absolute Gasteiger partial charge is 0.431 e. The number of oxazole rings is 1. The van der Waals surface area contributed by atoms with Crippen molar-refractivity contribution in [2.45, 2.75) is 37.3 Å². The highest BCUT2D eigenvalue weighted by atomic mass is 32.2. The van der Waals surface area contributed by atoms with Crippen molar-refractivity contribution < 1.29 is 14.0 Å². The van der Waals surface area contributed by atoms with E-state index in [-0.39, 0.29) is 23.5 Å². The monoisotopic (exact) mass is 318 g/mol. The van der Waals surface area contributed by atoms with Gasteiger partial charge < -0.3 is 4.42 Å². The van der Waals surface area contributed by atoms with Crippen molar-refractivity contribution in [3.8, 4) is 0 Å². The van der Waals surface area contributed by atoms with E-state index >= 15 is 0 Å². The number of hydrogen-bond acceptors (Lipinski definition) is 5. The summed E-state index contributed by atoms with van der Waals surface area (Å²) in [5, 5.41) is 2.93. The lowest BCUT2D eigenvalue weighted by Gasteiger charge is -2.20. The fraction of sp³-hybridized carbons (Fsp3) is 0.438. The molecule has 1 heterocycles. The van der Waals surface area contributed by atoms with Gasteiger partial charge in [-0.2, -0.15) is 0 Å². The highest BCUT2D eigenvalue weighted by molar-refractivity contribution is 7.99. The molecule has 5 nitrogen and oxygen atoms in total. The number of imide groups is 1. The lowest BCUT2D eigenvalue weighted by atomic mass is 9.89. The number of fused-ring (bicyclic) bond motifs is 1. The van der Waals surface area contributed by atoms with Crippen molar-refractivity contribution in [2.24, 2.45) is 5.92 Å². The van der Waals surface area contributed by atoms with E-state index in [2.05, 4.69) is 10.3 Å². The standard InChI is InChI=1S/C16H18N2O3S/c19-14(18-15(20)11-6-2-1-3-7-11)10-22-16-17-12-8-4-5-9-13(12)21-16/h4-5,8-9,11H,1-3,6-7,10H2,(H,18,19,20). The summed E-state index contributed by atoms with van der Waals surface area (Å²) in [5.74, 6) is -0.302. The Labute approximate surface area is 132 Å². The van der Waals surface area contributed by atoms with E-state index < -0.39 is 0 Å². The van der Waals surface area contributed by atoms with Crippen LogP contribution in [-0.4, -0.2) is 22.6 Å². The number of aromatic nitrogens is 1. The third-order valence-electron chi connectivity index (χ3n) is 3.84. The number of carbonyl (C=O) groups is 2. The van der Waals surface area contributed by atoms with Crippen LogP contribution < -0.4 is 5.32 Å². The van der Waals surface area contributed by atoms with Crippen LogP contribution in [0.15, 0.2) is 33.9 Å². The highest BCUT2D eigenvalue weighted by Crippen LogP contribution is 2.24. The minimum Gasteiger partial charge on any atom is -0.431 e. The van der Waals surface area contributed by atoms with E-state index in [1.54, 1.807) is 0 Å². The number of amides is 2. The van der Waals surface area contributed by atoms with E-state index in [1.807, 2.05) is 24.3 Å². The average molecular weight is 318 g/mol. The molecule has 1 aromatic carbocycles. The fourth-order valence-corrected chi connectivity index (χ4v) is 3.32. The van der Waals surface area contributed by atoms with Gasteiger partial charge in [-0.1, -0.05) is 43.2 Å². The van der Waals surface area contributed by atoms with Gasteiger partial charge in [0.2, 0.25) is 11.8 Å². The summed E-state index contributed by atoms with van der Waals surface area (Å²) in [4.78, 5) is 28.1. The molecule has 0 radical (unpaired) electrons. The van der Waals surface area contributed by atoms with Crippen LogP contribution in [0.2, 0.25) is 0 Å². The van der Waals surface area contributed by atoms with Gasteiger partial charge >= 0.3 is 0 Å². The molecule has 1 aliphatic carbocycles. The molecule has 1 aromatic heterocycles. The van der Waals surface area contributed by atoms with E-state index in [1.165, 1.54) is 18.2 Å². The predicted molar refractivity (Wildman–Crippen MR) is 84.5 cm³/mol. The molecule has 1 fully saturated rings. The first-order chi connectivity index (χ1) is 10.7. The summed E-state index contributed by atoms with van der Waals surface area (Å²) >= 11 is 1.20. The first-order valence-corrected chi connectivity index (χ1v) is 8.53. The van der Waals surface area contributed by atoms with Gasteiger partial charge in [-0.05, 0) is 25.0 Å². The number of hydrogen-bond donors (Lipinski definition) is 1. The Balaban J connectivity index is 1.50. The molecule has 0 bridgehead atoms. The topological polar surface area (TPSA) is 72.2 Å². The molecule has 2 aromatic rings. The number of nitrogens with zero attached hydrogens (tertiary/aromatic N) is 1. The molecule has 0 aliphatic heterocycles. The molecule has 6 heteroatoms. The van der Waals surface area contributed by atoms with Gasteiger partial charge in [0.1, 0.15) is 5.52 Å². The van der Waals surface area contributed by atoms with Gasteiger partial charge in [-0.3, -0.25) is 14.9 Å². The Morgan fingerprint density at radius 1 is 1.23 bits per heavy atom. The zero-order chi connectivity index (χ0) is 15.4. The lowest BCUT2D eigenvalue weighted by molar-refractivity contribution is -0.132. The van der Waals surface area contributed by atoms with Gasteiger partial charge in [0.25, 0.3) is 5.22 Å². The van der Waals surface area contributed by atoms with Crippen molar-refractivity contribution >= 4 is 34.7 Å². The summed E-state index contributed by atoms with van der Waals surface area (Å²) in [6.45, 7) is 0. The maximum atomic E-state index is 12.0. The van der Waals surface area contributed by atoms with Crippen LogP contribution in [0.1, 0.15) is 32.1 Å². The van der Waals surface area contributed by atoms with Gasteiger partial charge in [0.15, 0.2) is 5.58 Å². The van der Waals surface area contributed by atoms with Crippen molar-refractivity contribution in [2.75, 3.05) is 5.75 Å². The van der Waals surface area contributed by atoms with Crippen LogP contribution in [0.5, 0.6) is 0 Å². The second kappa shape index (κ2) is 6.96. The molecule has 22 heavy (non-hydrogen) atoms. The Hall–Kier alpha value is -1.82. The molecule has 0 unspecified atom stereocenters. The maximum Gasteiger partial charge on any atom is 0.257 e. The maximum absolute atomic E-state index is 12.0. The van der Waals surface area contributed by atoms with Crippen molar-refractivity contribution in [3.05, 3.63) is 24.3 Å². The number of thioether (sulfide) groups is 1. The van der Waals surface area contributed by atoms with Crippen LogP contribution in [0.3, 0.4) is 0 Å². The van der Waals surface area contributed by atoms with E-state index in [0.29, 0.717) is 10.8 Å². The first kappa shape index (κ1) is 15.1. The SMILES string of the molecule is O=C(CSc1nc2ccccc2o1)NC(=O)C1CCCCC1. The molecule has 1 aliphatic rings. The number of rotatable bonds is 4. The number of nitrogens with one attached hydrogen (secondary N) is 1. The third kappa shape index (κ3) is 3.68. The molecule has 116 valence electrons. The zero-order valence-corrected chi connectivity index (χ0v) is 13.0. The summed E-state index contributed by atoms with van der Waals surface area (Å²) in [6, 6.07) is 7.45. The Kier molecular flexibility index (Phi) is 4.77. The fourth-order valence-electron chi connectivity index (χ4n) is 2.68. The average Bonchev–Trinajstić information content (AvgIpc) is 2.96. The van der Waals surface area contributed by atoms with Crippen molar-refractivity contribution in [1.29, 1.82) is 0 Å². The summed E-state index contributed by atoms with van der Waals surface area (Å²) in [7, 11) is 0. The summed E-state index contributed by atoms with van der Waals surface area (Å²) < 4.78 is 5.53. The number of benzene rings is 1. The van der Waals surface area contributed by atoms with Gasteiger partial charge in [0.05, 0.1) is 5.75 Å². The van der Waals surface area contributed by atoms with Gasteiger partial charge in [0, 0.05) is 5.92 Å². The van der Waals surface area contributed by atoms with Gasteiger partial charge in [-0.25, -0.2) is 4.98 Å². The van der Waals surface area contributed by atoms with Crippen LogP contribution >= 0.6 is 11.8 Å². The zero-order valence-electron chi connectivity index (χ0n) is 12.2. The van der Waals surface area contributed by atoms with E-state index in [9.17, 15) is 9.59 Å². The van der Waals surface area contributed by atoms with Gasteiger partial charge in [-0.15, -0.1) is 0 Å². The van der Waals surface area contributed by atoms with Crippen LogP contribution in [-0.2, 0) is 9.59 Å². The predicted octanol–water partition coefficient (Wildman–Crippen LogP) is 3.14. The molecule has 2 amide bonds. The van der Waals surface area contributed by atoms with Crippen molar-refractivity contribution in [3.63, 3.8) is 0 Å². The second-order valence-electron chi connectivity index (χ2n) is 5.48. The molecule has 1 N–H and O–H groups in total. The Bertz CT molecular complexity index is 644. The molecule has 0 atom stereocenters. The molecule has 1 saturated carbocycles. The first-order valence-electron chi connectivity index (χ1n) is 7.54. The van der Waals surface area contributed by atoms with Crippen molar-refractivity contribution in [1.82, 2.24) is 10.3 Å². The molecule has 3 rings (SSSR count). The third-order valence-corrected chi connectivity index (χ3v) is 4.67. The molecule has 0 saturated heterocycles. The molecule has 0 spiro atoms. The quantitative estimate of drug-likeness (QED) is 0.877. The Morgan fingerprint density at radius 3 is 2.77 bits per heavy atom. The molecular weight excluding hydrogens is 300 g/mol. The lowest BCUT2D eigenvalue weighted by Crippen LogP contribution is -2.37. The van der Waals surface area contributed by atoms with E-state index in [0.717, 1.165) is 31.2 Å². The van der Waals surface area contributed by atoms with Crippen LogP contribution in [0.4, 0.5) is 0 Å². The second-order valence-corrected chi connectivity index (χ2v) is 6.41. The minimum absolute atomic E-state index is 0.00738. The number of para-hydroxylation sites is 2. The highest BCUT2D eigenvalue weighted by Gasteiger charge is 2.22. The van der Waals surface area contributed by atoms with E-state index in [4.69, 9.17) is 4.42 Å². The van der Waals surface area contributed by atoms with Crippen LogP contribution in [0, 0.1) is 5.92 Å². The normalized spacial score (nSPS) is 15.8. The van der Waals surface area contributed by atoms with Crippen LogP contribution in [0.25, 0.3) is 11.1 Å². The Morgan fingerprint density at radius 2 is 2.00 bits per heavy atom. The summed E-state index contributed by atoms with van der Waals surface area (Å²) in [5.41, 5.74) is 1.47. The summed E-state index contributed by atoms with van der Waals surface area (Å²) in [6.07, 6.45) is 5.11. The minimum atomic E-state index is -0.289. The molecular formula is C16H18N2O3S.